The van der Waals surface area contributed by atoms with Crippen LogP contribution in [-0.2, 0) is 4.79 Å². The molecule has 0 N–H and O–H groups in total. The van der Waals surface area contributed by atoms with Gasteiger partial charge in [-0.2, -0.15) is 0 Å². The third-order valence-electron chi connectivity index (χ3n) is 3.80. The molecule has 0 saturated carbocycles. The molecule has 1 aromatic carbocycles. The van der Waals surface area contributed by atoms with Crippen molar-refractivity contribution in [3.63, 3.8) is 0 Å². The summed E-state index contributed by atoms with van der Waals surface area (Å²) in [5.74, 6) is 0.407. The Labute approximate surface area is 104 Å². The second-order valence-electron chi connectivity index (χ2n) is 5.17. The first kappa shape index (κ1) is 12.3. The van der Waals surface area contributed by atoms with Crippen LogP contribution in [-0.4, -0.2) is 23.3 Å². The highest BCUT2D eigenvalue weighted by Crippen LogP contribution is 2.27. The average molecular weight is 231 g/mol. The van der Waals surface area contributed by atoms with E-state index in [1.807, 2.05) is 0 Å². The first-order chi connectivity index (χ1) is 8.08. The summed E-state index contributed by atoms with van der Waals surface area (Å²) in [7, 11) is 0. The molecule has 1 aromatic rings. The molecule has 92 valence electrons. The third kappa shape index (κ3) is 2.75. The molecule has 1 aliphatic rings. The van der Waals surface area contributed by atoms with Gasteiger partial charge in [0.05, 0.1) is 0 Å². The minimum atomic E-state index is 0.368. The monoisotopic (exact) mass is 231 g/mol. The SMILES string of the molecule is Cc1ccc(C(C)N2CCC(=O)CC2C)cc1. The number of benzene rings is 1. The van der Waals surface area contributed by atoms with Gasteiger partial charge in [0.2, 0.25) is 0 Å². The van der Waals surface area contributed by atoms with Crippen molar-refractivity contribution in [2.45, 2.75) is 45.7 Å². The molecule has 1 aliphatic heterocycles. The maximum absolute atomic E-state index is 11.4. The lowest BCUT2D eigenvalue weighted by Crippen LogP contribution is -2.42. The number of aryl methyl sites for hydroxylation is 1. The Hall–Kier alpha value is -1.15. The average Bonchev–Trinajstić information content (AvgIpc) is 2.29. The van der Waals surface area contributed by atoms with Crippen molar-refractivity contribution < 1.29 is 4.79 Å². The number of likely N-dealkylation sites (tertiary alicyclic amines) is 1. The van der Waals surface area contributed by atoms with E-state index in [1.165, 1.54) is 11.1 Å². The molecule has 17 heavy (non-hydrogen) atoms. The number of hydrogen-bond donors (Lipinski definition) is 0. The third-order valence-corrected chi connectivity index (χ3v) is 3.80. The molecule has 0 amide bonds. The summed E-state index contributed by atoms with van der Waals surface area (Å²) < 4.78 is 0. The Morgan fingerprint density at radius 1 is 1.29 bits per heavy atom. The summed E-state index contributed by atoms with van der Waals surface area (Å²) in [4.78, 5) is 13.8. The van der Waals surface area contributed by atoms with E-state index in [-0.39, 0.29) is 0 Å². The molecule has 0 aliphatic carbocycles. The van der Waals surface area contributed by atoms with Crippen molar-refractivity contribution in [2.75, 3.05) is 6.54 Å². The molecule has 0 aromatic heterocycles. The van der Waals surface area contributed by atoms with Crippen LogP contribution in [0.2, 0.25) is 0 Å². The number of carbonyl (C=O) groups is 1. The number of Topliss-reactive ketones (excluding diaryl/α,β-unsaturated/α-hetero) is 1. The fraction of sp³-hybridized carbons (Fsp3) is 0.533. The van der Waals surface area contributed by atoms with Crippen molar-refractivity contribution in [2.24, 2.45) is 0 Å². The van der Waals surface area contributed by atoms with Crippen LogP contribution in [0.5, 0.6) is 0 Å². The maximum Gasteiger partial charge on any atom is 0.135 e. The molecule has 1 saturated heterocycles. The van der Waals surface area contributed by atoms with Gasteiger partial charge in [0.15, 0.2) is 0 Å². The molecular weight excluding hydrogens is 210 g/mol. The van der Waals surface area contributed by atoms with Gasteiger partial charge < -0.3 is 0 Å². The molecule has 2 unspecified atom stereocenters. The summed E-state index contributed by atoms with van der Waals surface area (Å²) in [5, 5.41) is 0. The van der Waals surface area contributed by atoms with Gasteiger partial charge >= 0.3 is 0 Å². The quantitative estimate of drug-likeness (QED) is 0.779. The van der Waals surface area contributed by atoms with Crippen molar-refractivity contribution in [3.8, 4) is 0 Å². The van der Waals surface area contributed by atoms with E-state index >= 15 is 0 Å². The smallest absolute Gasteiger partial charge is 0.135 e. The van der Waals surface area contributed by atoms with Gasteiger partial charge in [-0.15, -0.1) is 0 Å². The highest BCUT2D eigenvalue weighted by molar-refractivity contribution is 5.79. The number of rotatable bonds is 2. The Morgan fingerprint density at radius 2 is 1.94 bits per heavy atom. The van der Waals surface area contributed by atoms with Crippen molar-refractivity contribution in [3.05, 3.63) is 35.4 Å². The number of hydrogen-bond acceptors (Lipinski definition) is 2. The standard InChI is InChI=1S/C15H21NO/c1-11-4-6-14(7-5-11)13(3)16-9-8-15(17)10-12(16)2/h4-7,12-13H,8-10H2,1-3H3. The van der Waals surface area contributed by atoms with Crippen LogP contribution in [0.3, 0.4) is 0 Å². The molecule has 2 rings (SSSR count). The zero-order chi connectivity index (χ0) is 12.4. The van der Waals surface area contributed by atoms with Crippen LogP contribution in [0, 0.1) is 6.92 Å². The van der Waals surface area contributed by atoms with E-state index in [9.17, 15) is 4.79 Å². The van der Waals surface area contributed by atoms with Gasteiger partial charge in [0.25, 0.3) is 0 Å². The second-order valence-corrected chi connectivity index (χ2v) is 5.17. The Morgan fingerprint density at radius 3 is 2.53 bits per heavy atom. The number of ketones is 1. The highest BCUT2D eigenvalue weighted by atomic mass is 16.1. The molecule has 2 heteroatoms. The molecule has 0 bridgehead atoms. The van der Waals surface area contributed by atoms with E-state index < -0.39 is 0 Å². The lowest BCUT2D eigenvalue weighted by atomic mass is 9.97. The van der Waals surface area contributed by atoms with Gasteiger partial charge in [0, 0.05) is 31.5 Å². The molecule has 0 spiro atoms. The number of piperidine rings is 1. The van der Waals surface area contributed by atoms with Crippen molar-refractivity contribution in [1.82, 2.24) is 4.90 Å². The van der Waals surface area contributed by atoms with Gasteiger partial charge in [0.1, 0.15) is 5.78 Å². The molecular formula is C15H21NO. The van der Waals surface area contributed by atoms with Gasteiger partial charge in [-0.25, -0.2) is 0 Å². The molecule has 1 fully saturated rings. The predicted octanol–water partition coefficient (Wildman–Crippen LogP) is 3.11. The van der Waals surface area contributed by atoms with E-state index in [2.05, 4.69) is 49.9 Å². The van der Waals surface area contributed by atoms with Crippen molar-refractivity contribution >= 4 is 5.78 Å². The highest BCUT2D eigenvalue weighted by Gasteiger charge is 2.27. The summed E-state index contributed by atoms with van der Waals surface area (Å²) in [6.45, 7) is 7.39. The van der Waals surface area contributed by atoms with Crippen LogP contribution in [0.25, 0.3) is 0 Å². The fourth-order valence-electron chi connectivity index (χ4n) is 2.63. The van der Waals surface area contributed by atoms with E-state index in [4.69, 9.17) is 0 Å². The number of nitrogens with zero attached hydrogens (tertiary/aromatic N) is 1. The topological polar surface area (TPSA) is 20.3 Å². The Bertz CT molecular complexity index is 396. The summed E-state index contributed by atoms with van der Waals surface area (Å²) >= 11 is 0. The number of carbonyl (C=O) groups excluding carboxylic acids is 1. The van der Waals surface area contributed by atoms with Gasteiger partial charge in [-0.1, -0.05) is 29.8 Å². The molecule has 1 heterocycles. The van der Waals surface area contributed by atoms with Crippen LogP contribution >= 0.6 is 0 Å². The largest absolute Gasteiger partial charge is 0.300 e. The summed E-state index contributed by atoms with van der Waals surface area (Å²) in [5.41, 5.74) is 2.64. The Balaban J connectivity index is 2.11. The molecule has 0 radical (unpaired) electrons. The maximum atomic E-state index is 11.4. The Kier molecular flexibility index (Phi) is 3.63. The molecule has 2 atom stereocenters. The lowest BCUT2D eigenvalue weighted by molar-refractivity contribution is -0.123. The van der Waals surface area contributed by atoms with E-state index in [1.54, 1.807) is 0 Å². The van der Waals surface area contributed by atoms with E-state index in [0.717, 1.165) is 6.54 Å². The van der Waals surface area contributed by atoms with Crippen LogP contribution in [0.15, 0.2) is 24.3 Å². The van der Waals surface area contributed by atoms with Crippen molar-refractivity contribution in [1.29, 1.82) is 0 Å². The minimum Gasteiger partial charge on any atom is -0.300 e. The first-order valence-corrected chi connectivity index (χ1v) is 6.42. The summed E-state index contributed by atoms with van der Waals surface area (Å²) in [6.07, 6.45) is 1.41. The first-order valence-electron chi connectivity index (χ1n) is 6.42. The van der Waals surface area contributed by atoms with Gasteiger partial charge in [-0.05, 0) is 26.3 Å². The predicted molar refractivity (Wildman–Crippen MR) is 70.0 cm³/mol. The normalized spacial score (nSPS) is 23.7. The van der Waals surface area contributed by atoms with Gasteiger partial charge in [-0.3, -0.25) is 9.69 Å². The van der Waals surface area contributed by atoms with E-state index in [0.29, 0.717) is 30.7 Å². The minimum absolute atomic E-state index is 0.368. The van der Waals surface area contributed by atoms with Crippen LogP contribution < -0.4 is 0 Å². The second kappa shape index (κ2) is 5.01. The summed E-state index contributed by atoms with van der Waals surface area (Å²) in [6, 6.07) is 9.48. The fourth-order valence-corrected chi connectivity index (χ4v) is 2.63. The molecule has 2 nitrogen and oxygen atoms in total. The lowest BCUT2D eigenvalue weighted by Gasteiger charge is -2.37. The van der Waals surface area contributed by atoms with Crippen LogP contribution in [0.1, 0.15) is 43.9 Å². The van der Waals surface area contributed by atoms with Crippen LogP contribution in [0.4, 0.5) is 0 Å². The zero-order valence-corrected chi connectivity index (χ0v) is 10.9. The zero-order valence-electron chi connectivity index (χ0n) is 10.9.